The fraction of sp³-hybridized carbons (Fsp3) is 0.727. The van der Waals surface area contributed by atoms with Gasteiger partial charge in [0.2, 0.25) is 0 Å². The minimum atomic E-state index is -2.99. The maximum atomic E-state index is 12.0. The molecule has 0 aromatic carbocycles. The molecule has 0 N–H and O–H groups in total. The molecule has 3 heterocycles. The Labute approximate surface area is 105 Å². The topological polar surface area (TPSA) is 60.4 Å². The summed E-state index contributed by atoms with van der Waals surface area (Å²) in [6, 6.07) is 0. The van der Waals surface area contributed by atoms with Crippen LogP contribution in [-0.4, -0.2) is 42.0 Å². The van der Waals surface area contributed by atoms with Gasteiger partial charge in [0.1, 0.15) is 6.10 Å². The van der Waals surface area contributed by atoms with Gasteiger partial charge in [0.15, 0.2) is 9.84 Å². The fourth-order valence-electron chi connectivity index (χ4n) is 3.46. The number of hydrogen-bond donors (Lipinski definition) is 0. The van der Waals surface area contributed by atoms with Crippen molar-refractivity contribution < 1.29 is 17.9 Å². The predicted molar refractivity (Wildman–Crippen MR) is 65.5 cm³/mol. The van der Waals surface area contributed by atoms with Crippen LogP contribution in [-0.2, 0) is 19.4 Å². The van der Waals surface area contributed by atoms with Gasteiger partial charge < -0.3 is 4.74 Å². The summed E-state index contributed by atoms with van der Waals surface area (Å²) in [4.78, 5) is 11.3. The van der Waals surface area contributed by atoms with Crippen molar-refractivity contribution in [1.82, 2.24) is 0 Å². The van der Waals surface area contributed by atoms with Gasteiger partial charge in [0.25, 0.3) is 0 Å². The molecule has 0 saturated carbocycles. The Bertz CT molecular complexity index is 484. The normalized spacial score (nSPS) is 49.2. The van der Waals surface area contributed by atoms with E-state index in [0.717, 1.165) is 6.08 Å². The minimum Gasteiger partial charge on any atom is -0.458 e. The van der Waals surface area contributed by atoms with E-state index in [1.54, 1.807) is 11.8 Å². The molecule has 3 fully saturated rings. The summed E-state index contributed by atoms with van der Waals surface area (Å²) in [5.74, 6) is -0.210. The van der Waals surface area contributed by atoms with Crippen molar-refractivity contribution in [2.24, 2.45) is 11.8 Å². The number of carbonyl (C=O) groups excluding carboxylic acids is 1. The lowest BCUT2D eigenvalue weighted by atomic mass is 9.81. The smallest absolute Gasteiger partial charge is 0.330 e. The van der Waals surface area contributed by atoms with Gasteiger partial charge in [-0.05, 0) is 5.92 Å². The molecule has 4 nitrogen and oxygen atoms in total. The Morgan fingerprint density at radius 1 is 1.47 bits per heavy atom. The van der Waals surface area contributed by atoms with Gasteiger partial charge in [-0.3, -0.25) is 0 Å². The Morgan fingerprint density at radius 3 is 2.82 bits per heavy atom. The van der Waals surface area contributed by atoms with E-state index < -0.39 is 15.8 Å². The highest BCUT2D eigenvalue weighted by Gasteiger charge is 2.67. The van der Waals surface area contributed by atoms with Crippen molar-refractivity contribution in [3.63, 3.8) is 0 Å². The molecule has 0 radical (unpaired) electrons. The average molecular weight is 274 g/mol. The molecule has 0 aromatic heterocycles. The number of thioether (sulfide) groups is 1. The van der Waals surface area contributed by atoms with E-state index in [2.05, 4.69) is 6.58 Å². The molecule has 94 valence electrons. The third-order valence-electron chi connectivity index (χ3n) is 4.10. The van der Waals surface area contributed by atoms with Crippen LogP contribution in [0.4, 0.5) is 0 Å². The summed E-state index contributed by atoms with van der Waals surface area (Å²) in [6.07, 6.45) is 0.890. The summed E-state index contributed by atoms with van der Waals surface area (Å²) in [7, 11) is -2.99. The SMILES string of the molecule is C=CC(=O)OC1C2CS(=O)(=O)C3C(C)C1SC23. The molecule has 0 aliphatic carbocycles. The lowest BCUT2D eigenvalue weighted by Gasteiger charge is -2.29. The van der Waals surface area contributed by atoms with E-state index in [0.29, 0.717) is 0 Å². The number of esters is 1. The molecule has 6 atom stereocenters. The summed E-state index contributed by atoms with van der Waals surface area (Å²) < 4.78 is 29.4. The molecular weight excluding hydrogens is 260 g/mol. The zero-order valence-electron chi connectivity index (χ0n) is 9.41. The molecule has 6 heteroatoms. The molecule has 3 saturated heterocycles. The third kappa shape index (κ3) is 1.43. The zero-order valence-corrected chi connectivity index (χ0v) is 11.0. The maximum Gasteiger partial charge on any atom is 0.330 e. The van der Waals surface area contributed by atoms with Gasteiger partial charge in [-0.15, -0.1) is 11.8 Å². The molecule has 6 unspecified atom stereocenters. The summed E-state index contributed by atoms with van der Waals surface area (Å²) in [5, 5.41) is 0.0416. The molecule has 0 spiro atoms. The van der Waals surface area contributed by atoms with E-state index in [-0.39, 0.29) is 39.4 Å². The van der Waals surface area contributed by atoms with Gasteiger partial charge in [0.05, 0.1) is 11.0 Å². The summed E-state index contributed by atoms with van der Waals surface area (Å²) in [6.45, 7) is 5.33. The van der Waals surface area contributed by atoms with E-state index in [4.69, 9.17) is 4.74 Å². The first kappa shape index (κ1) is 11.6. The van der Waals surface area contributed by atoms with Crippen molar-refractivity contribution in [1.29, 1.82) is 0 Å². The number of fused-ring (bicyclic) bond motifs is 1. The lowest BCUT2D eigenvalue weighted by Crippen LogP contribution is -2.43. The maximum absolute atomic E-state index is 12.0. The lowest BCUT2D eigenvalue weighted by molar-refractivity contribution is -0.145. The Hall–Kier alpha value is -0.490. The average Bonchev–Trinajstić information content (AvgIpc) is 2.81. The highest BCUT2D eigenvalue weighted by atomic mass is 32.2. The van der Waals surface area contributed by atoms with Crippen molar-refractivity contribution in [2.75, 3.05) is 5.75 Å². The Balaban J connectivity index is 1.92. The van der Waals surface area contributed by atoms with E-state index in [9.17, 15) is 13.2 Å². The molecule has 2 bridgehead atoms. The van der Waals surface area contributed by atoms with Crippen LogP contribution in [0.25, 0.3) is 0 Å². The molecular formula is C11H14O4S2. The van der Waals surface area contributed by atoms with E-state index in [1.807, 2.05) is 6.92 Å². The van der Waals surface area contributed by atoms with Crippen LogP contribution in [0.2, 0.25) is 0 Å². The highest BCUT2D eigenvalue weighted by molar-refractivity contribution is 8.03. The second-order valence-corrected chi connectivity index (χ2v) is 8.55. The Kier molecular flexibility index (Phi) is 2.39. The molecule has 0 aromatic rings. The first-order valence-corrected chi connectivity index (χ1v) is 8.31. The molecule has 3 aliphatic rings. The standard InChI is InChI=1S/C11H14O4S2/c1-3-7(12)15-8-6-4-17(13,14)11-5(2)9(8)16-10(6)11/h3,5-6,8-11H,1,4H2,2H3. The fourth-order valence-corrected chi connectivity index (χ4v) is 9.02. The highest BCUT2D eigenvalue weighted by Crippen LogP contribution is 2.60. The molecule has 0 amide bonds. The first-order valence-electron chi connectivity index (χ1n) is 5.66. The summed E-state index contributed by atoms with van der Waals surface area (Å²) >= 11 is 1.69. The Morgan fingerprint density at radius 2 is 2.18 bits per heavy atom. The number of carbonyl (C=O) groups is 1. The monoisotopic (exact) mass is 274 g/mol. The number of hydrogen-bond acceptors (Lipinski definition) is 5. The van der Waals surface area contributed by atoms with Crippen LogP contribution in [0.5, 0.6) is 0 Å². The molecule has 17 heavy (non-hydrogen) atoms. The van der Waals surface area contributed by atoms with E-state index >= 15 is 0 Å². The van der Waals surface area contributed by atoms with Crippen molar-refractivity contribution in [2.45, 2.75) is 28.8 Å². The van der Waals surface area contributed by atoms with Gasteiger partial charge in [-0.25, -0.2) is 13.2 Å². The van der Waals surface area contributed by atoms with E-state index in [1.165, 1.54) is 0 Å². The quantitative estimate of drug-likeness (QED) is 0.546. The van der Waals surface area contributed by atoms with Crippen LogP contribution < -0.4 is 0 Å². The van der Waals surface area contributed by atoms with Crippen molar-refractivity contribution >= 4 is 27.6 Å². The second kappa shape index (κ2) is 3.51. The number of rotatable bonds is 2. The van der Waals surface area contributed by atoms with Gasteiger partial charge in [-0.2, -0.15) is 0 Å². The molecule has 3 rings (SSSR count). The third-order valence-corrected chi connectivity index (χ3v) is 8.64. The summed E-state index contributed by atoms with van der Waals surface area (Å²) in [5.41, 5.74) is 0. The van der Waals surface area contributed by atoms with Gasteiger partial charge in [-0.1, -0.05) is 13.5 Å². The van der Waals surface area contributed by atoms with Crippen LogP contribution in [0.1, 0.15) is 6.92 Å². The van der Waals surface area contributed by atoms with Crippen LogP contribution in [0.3, 0.4) is 0 Å². The van der Waals surface area contributed by atoms with Crippen molar-refractivity contribution in [3.8, 4) is 0 Å². The molecule has 3 aliphatic heterocycles. The van der Waals surface area contributed by atoms with Gasteiger partial charge in [0, 0.05) is 22.5 Å². The van der Waals surface area contributed by atoms with Crippen LogP contribution in [0.15, 0.2) is 12.7 Å². The second-order valence-electron chi connectivity index (χ2n) is 4.99. The minimum absolute atomic E-state index is 0.0138. The number of ether oxygens (including phenoxy) is 1. The van der Waals surface area contributed by atoms with Crippen LogP contribution >= 0.6 is 11.8 Å². The first-order chi connectivity index (χ1) is 7.95. The predicted octanol–water partition coefficient (Wildman–Crippen LogP) is 0.631. The van der Waals surface area contributed by atoms with Crippen LogP contribution in [0, 0.1) is 11.8 Å². The largest absolute Gasteiger partial charge is 0.458 e. The van der Waals surface area contributed by atoms with Gasteiger partial charge >= 0.3 is 5.97 Å². The number of sulfone groups is 1. The zero-order chi connectivity index (χ0) is 12.4. The van der Waals surface area contributed by atoms with Crippen molar-refractivity contribution in [3.05, 3.63) is 12.7 Å².